The molecule has 0 aliphatic carbocycles. The molecule has 3 amide bonds. The number of methoxy groups -OCH3 is 1. The molecule has 7 nitrogen and oxygen atoms in total. The van der Waals surface area contributed by atoms with E-state index in [0.717, 1.165) is 0 Å². The number of carbonyl (C=O) groups is 2. The van der Waals surface area contributed by atoms with Gasteiger partial charge in [0.15, 0.2) is 0 Å². The average molecular weight is 398 g/mol. The highest BCUT2D eigenvalue weighted by atomic mass is 19.1. The lowest BCUT2D eigenvalue weighted by Crippen LogP contribution is -2.67. The number of halogens is 1. The second-order valence-electron chi connectivity index (χ2n) is 7.36. The summed E-state index contributed by atoms with van der Waals surface area (Å²) in [5.41, 5.74) is 1.05. The van der Waals surface area contributed by atoms with Crippen molar-refractivity contribution in [3.8, 4) is 5.75 Å². The summed E-state index contributed by atoms with van der Waals surface area (Å²) in [6.07, 6.45) is 1.08. The summed E-state index contributed by atoms with van der Waals surface area (Å²) in [6, 6.07) is 11.1. The number of nitrogens with zero attached hydrogens (tertiary/aromatic N) is 2. The fraction of sp³-hybridized carbons (Fsp3) is 0.333. The van der Waals surface area contributed by atoms with E-state index in [-0.39, 0.29) is 17.8 Å². The van der Waals surface area contributed by atoms with Crippen LogP contribution in [0.25, 0.3) is 0 Å². The molecule has 4 rings (SSSR count). The zero-order valence-corrected chi connectivity index (χ0v) is 16.4. The Balaban J connectivity index is 1.46. The van der Waals surface area contributed by atoms with E-state index in [1.807, 2.05) is 24.1 Å². The van der Waals surface area contributed by atoms with E-state index in [9.17, 15) is 14.0 Å². The van der Waals surface area contributed by atoms with E-state index in [0.29, 0.717) is 48.6 Å². The Kier molecular flexibility index (Phi) is 4.77. The van der Waals surface area contributed by atoms with Crippen LogP contribution in [0, 0.1) is 5.82 Å². The summed E-state index contributed by atoms with van der Waals surface area (Å²) < 4.78 is 18.9. The van der Waals surface area contributed by atoms with Crippen molar-refractivity contribution < 1.29 is 18.7 Å². The Bertz CT molecular complexity index is 957. The number of anilines is 2. The predicted octanol–water partition coefficient (Wildman–Crippen LogP) is 3.04. The van der Waals surface area contributed by atoms with Gasteiger partial charge in [-0.2, -0.15) is 0 Å². The zero-order valence-electron chi connectivity index (χ0n) is 16.4. The highest BCUT2D eigenvalue weighted by molar-refractivity contribution is 6.02. The average Bonchev–Trinajstić information content (AvgIpc) is 2.72. The molecule has 2 heterocycles. The van der Waals surface area contributed by atoms with Crippen LogP contribution in [0.2, 0.25) is 0 Å². The molecule has 8 heteroatoms. The molecular weight excluding hydrogens is 375 g/mol. The predicted molar refractivity (Wildman–Crippen MR) is 108 cm³/mol. The highest BCUT2D eigenvalue weighted by Crippen LogP contribution is 2.36. The number of rotatable bonds is 2. The van der Waals surface area contributed by atoms with Crippen molar-refractivity contribution in [3.05, 3.63) is 53.8 Å². The summed E-state index contributed by atoms with van der Waals surface area (Å²) >= 11 is 0. The van der Waals surface area contributed by atoms with Gasteiger partial charge in [-0.25, -0.2) is 9.18 Å². The second kappa shape index (κ2) is 7.27. The van der Waals surface area contributed by atoms with Gasteiger partial charge in [-0.3, -0.25) is 4.79 Å². The van der Waals surface area contributed by atoms with Gasteiger partial charge in [0.05, 0.1) is 18.4 Å². The Morgan fingerprint density at radius 1 is 1.21 bits per heavy atom. The van der Waals surface area contributed by atoms with Crippen molar-refractivity contribution >= 4 is 23.3 Å². The van der Waals surface area contributed by atoms with Crippen molar-refractivity contribution in [2.24, 2.45) is 0 Å². The number of piperidine rings is 1. The molecule has 2 aromatic carbocycles. The Hall–Kier alpha value is -3.29. The van der Waals surface area contributed by atoms with E-state index in [2.05, 4.69) is 10.6 Å². The van der Waals surface area contributed by atoms with Crippen molar-refractivity contribution in [2.45, 2.75) is 18.5 Å². The molecule has 2 aliphatic rings. The molecule has 0 atom stereocenters. The summed E-state index contributed by atoms with van der Waals surface area (Å²) in [5, 5.41) is 5.95. The summed E-state index contributed by atoms with van der Waals surface area (Å²) in [4.78, 5) is 28.9. The van der Waals surface area contributed by atoms with Gasteiger partial charge in [0.25, 0.3) is 5.91 Å². The third-order valence-electron chi connectivity index (χ3n) is 5.75. The molecule has 2 aromatic rings. The number of ether oxygens (including phenoxy) is 1. The van der Waals surface area contributed by atoms with Crippen LogP contribution in [-0.2, 0) is 0 Å². The largest absolute Gasteiger partial charge is 0.497 e. The molecule has 1 saturated heterocycles. The number of fused-ring (bicyclic) bond motifs is 1. The fourth-order valence-electron chi connectivity index (χ4n) is 4.01. The van der Waals surface area contributed by atoms with Gasteiger partial charge in [0.1, 0.15) is 17.2 Å². The van der Waals surface area contributed by atoms with Crippen molar-refractivity contribution in [3.63, 3.8) is 0 Å². The molecule has 0 bridgehead atoms. The molecule has 1 spiro atoms. The molecular formula is C21H23FN4O3. The van der Waals surface area contributed by atoms with E-state index in [4.69, 9.17) is 4.74 Å². The van der Waals surface area contributed by atoms with Gasteiger partial charge >= 0.3 is 6.03 Å². The van der Waals surface area contributed by atoms with Crippen molar-refractivity contribution in [1.29, 1.82) is 0 Å². The zero-order chi connectivity index (χ0) is 20.6. The molecule has 2 aliphatic heterocycles. The maximum absolute atomic E-state index is 13.8. The van der Waals surface area contributed by atoms with Crippen molar-refractivity contribution in [1.82, 2.24) is 10.2 Å². The number of likely N-dealkylation sites (tertiary alicyclic amines) is 1. The van der Waals surface area contributed by atoms with Gasteiger partial charge in [-0.15, -0.1) is 0 Å². The van der Waals surface area contributed by atoms with E-state index >= 15 is 0 Å². The summed E-state index contributed by atoms with van der Waals surface area (Å²) in [5.74, 6) is 0.0702. The number of amides is 3. The SMILES string of the molecule is COc1cccc(NC(=O)N2CCC3(CC2)NC(=O)c2ccc(F)cc2N3C)c1. The number of hydrogen-bond donors (Lipinski definition) is 2. The molecule has 152 valence electrons. The first-order valence-corrected chi connectivity index (χ1v) is 9.48. The molecule has 2 N–H and O–H groups in total. The molecule has 0 aromatic heterocycles. The van der Waals surface area contributed by atoms with Gasteiger partial charge in [-0.1, -0.05) is 6.07 Å². The van der Waals surface area contributed by atoms with Crippen LogP contribution >= 0.6 is 0 Å². The fourth-order valence-corrected chi connectivity index (χ4v) is 4.01. The summed E-state index contributed by atoms with van der Waals surface area (Å²) in [6.45, 7) is 0.927. The number of nitrogens with one attached hydrogen (secondary N) is 2. The van der Waals surface area contributed by atoms with Crippen LogP contribution in [0.1, 0.15) is 23.2 Å². The lowest BCUT2D eigenvalue weighted by Gasteiger charge is -2.51. The topological polar surface area (TPSA) is 73.9 Å². The first-order valence-electron chi connectivity index (χ1n) is 9.48. The molecule has 29 heavy (non-hydrogen) atoms. The Morgan fingerprint density at radius 3 is 2.69 bits per heavy atom. The number of hydrogen-bond acceptors (Lipinski definition) is 4. The third kappa shape index (κ3) is 3.46. The van der Waals surface area contributed by atoms with Crippen LogP contribution in [0.3, 0.4) is 0 Å². The van der Waals surface area contributed by atoms with Crippen LogP contribution < -0.4 is 20.3 Å². The van der Waals surface area contributed by atoms with E-state index in [1.54, 1.807) is 24.1 Å². The second-order valence-corrected chi connectivity index (χ2v) is 7.36. The minimum atomic E-state index is -0.634. The molecule has 0 radical (unpaired) electrons. The minimum absolute atomic E-state index is 0.204. The molecule has 0 saturated carbocycles. The number of carbonyl (C=O) groups excluding carboxylic acids is 2. The highest BCUT2D eigenvalue weighted by Gasteiger charge is 2.45. The van der Waals surface area contributed by atoms with Crippen LogP contribution in [0.15, 0.2) is 42.5 Å². The maximum atomic E-state index is 13.8. The number of urea groups is 1. The normalized spacial score (nSPS) is 17.6. The standard InChI is InChI=1S/C21H23FN4O3/c1-25-18-12-14(22)6-7-17(18)19(27)24-21(25)8-10-26(11-9-21)20(28)23-15-4-3-5-16(13-15)29-2/h3-7,12-13H,8-11H2,1-2H3,(H,23,28)(H,24,27). The first-order chi connectivity index (χ1) is 13.9. The van der Waals surface area contributed by atoms with Gasteiger partial charge in [-0.05, 0) is 30.3 Å². The Morgan fingerprint density at radius 2 is 1.97 bits per heavy atom. The quantitative estimate of drug-likeness (QED) is 0.816. The van der Waals surface area contributed by atoms with Gasteiger partial charge in [0, 0.05) is 44.7 Å². The van der Waals surface area contributed by atoms with Crippen LogP contribution in [0.4, 0.5) is 20.6 Å². The minimum Gasteiger partial charge on any atom is -0.497 e. The third-order valence-corrected chi connectivity index (χ3v) is 5.75. The summed E-state index contributed by atoms with van der Waals surface area (Å²) in [7, 11) is 3.42. The van der Waals surface area contributed by atoms with Crippen molar-refractivity contribution in [2.75, 3.05) is 37.5 Å². The first kappa shape index (κ1) is 19.0. The molecule has 1 fully saturated rings. The van der Waals surface area contributed by atoms with E-state index < -0.39 is 5.66 Å². The lowest BCUT2D eigenvalue weighted by molar-refractivity contribution is 0.0815. The monoisotopic (exact) mass is 398 g/mol. The van der Waals surface area contributed by atoms with Crippen LogP contribution in [-0.4, -0.2) is 49.7 Å². The number of benzene rings is 2. The van der Waals surface area contributed by atoms with E-state index in [1.165, 1.54) is 18.2 Å². The lowest BCUT2D eigenvalue weighted by atomic mass is 9.90. The van der Waals surface area contributed by atoms with Crippen LogP contribution in [0.5, 0.6) is 5.75 Å². The van der Waals surface area contributed by atoms with Gasteiger partial charge < -0.3 is 25.2 Å². The maximum Gasteiger partial charge on any atom is 0.321 e. The smallest absolute Gasteiger partial charge is 0.321 e. The molecule has 0 unspecified atom stereocenters. The van der Waals surface area contributed by atoms with Gasteiger partial charge in [0.2, 0.25) is 0 Å². The Labute approximate surface area is 168 Å².